The van der Waals surface area contributed by atoms with Crippen LogP contribution in [0.25, 0.3) is 0 Å². The fourth-order valence-electron chi connectivity index (χ4n) is 0.280. The molecule has 0 aromatic carbocycles. The largest absolute Gasteiger partial charge is 0.371 e. The van der Waals surface area contributed by atoms with Gasteiger partial charge in [-0.2, -0.15) is 0 Å². The van der Waals surface area contributed by atoms with Crippen molar-refractivity contribution in [3.8, 4) is 0 Å². The molecule has 0 N–H and O–H groups in total. The average Bonchev–Trinajstić information content (AvgIpc) is 1.61. The van der Waals surface area contributed by atoms with Crippen LogP contribution in [-0.4, -0.2) is 11.2 Å². The van der Waals surface area contributed by atoms with Crippen molar-refractivity contribution in [1.82, 2.24) is 0 Å². The second kappa shape index (κ2) is 4.84. The minimum absolute atomic E-state index is 0.676. The first-order chi connectivity index (χ1) is 3.27. The summed E-state index contributed by atoms with van der Waals surface area (Å²) in [6, 6.07) is 0. The van der Waals surface area contributed by atoms with Crippen LogP contribution in [0.5, 0.6) is 0 Å². The molecule has 0 radical (unpaired) electrons. The molecular weight excluding hydrogens is 203 g/mol. The molecule has 0 saturated carbocycles. The van der Waals surface area contributed by atoms with Crippen molar-refractivity contribution in [2.75, 3.05) is 11.2 Å². The minimum Gasteiger partial charge on any atom is -0.371 e. The molecule has 0 aromatic rings. The lowest BCUT2D eigenvalue weighted by molar-refractivity contribution is 0.160. The Balaban J connectivity index is 2.68. The number of rotatable bonds is 3. The van der Waals surface area contributed by atoms with Gasteiger partial charge in [0.25, 0.3) is 0 Å². The van der Waals surface area contributed by atoms with Crippen LogP contribution in [0.2, 0.25) is 0 Å². The normalized spacial score (nSPS) is 10.3. The van der Waals surface area contributed by atoms with E-state index >= 15 is 0 Å². The van der Waals surface area contributed by atoms with E-state index in [1.54, 1.807) is 0 Å². The minimum atomic E-state index is 0.676. The molecule has 0 aromatic heterocycles. The molecule has 7 heavy (non-hydrogen) atoms. The molecule has 0 spiro atoms. The van der Waals surface area contributed by atoms with Gasteiger partial charge in [0.2, 0.25) is 0 Å². The number of hydrogen-bond acceptors (Lipinski definition) is 1. The van der Waals surface area contributed by atoms with Crippen molar-refractivity contribution in [3.05, 3.63) is 0 Å². The van der Waals surface area contributed by atoms with Crippen LogP contribution >= 0.6 is 22.6 Å². The maximum Gasteiger partial charge on any atom is 0.0979 e. The van der Waals surface area contributed by atoms with Gasteiger partial charge in [0, 0.05) is 6.61 Å². The van der Waals surface area contributed by atoms with Gasteiger partial charge in [-0.15, -0.1) is 0 Å². The van der Waals surface area contributed by atoms with Crippen molar-refractivity contribution in [3.63, 3.8) is 0 Å². The van der Waals surface area contributed by atoms with Gasteiger partial charge in [-0.1, -0.05) is 36.4 Å². The Hall–Kier alpha value is 0.690. The number of alkyl halides is 1. The van der Waals surface area contributed by atoms with Gasteiger partial charge in [0.05, 0.1) is 4.61 Å². The molecule has 2 heteroatoms. The highest BCUT2D eigenvalue weighted by Gasteiger charge is 1.88. The quantitative estimate of drug-likeness (QED) is 0.516. The molecule has 1 nitrogen and oxygen atoms in total. The number of halogens is 1. The van der Waals surface area contributed by atoms with Crippen LogP contribution in [0.15, 0.2) is 0 Å². The van der Waals surface area contributed by atoms with Gasteiger partial charge in [-0.05, 0) is 5.92 Å². The van der Waals surface area contributed by atoms with Crippen LogP contribution in [0.3, 0.4) is 0 Å². The summed E-state index contributed by atoms with van der Waals surface area (Å²) < 4.78 is 5.90. The predicted octanol–water partition coefficient (Wildman–Crippen LogP) is 2.05. The first-order valence-electron chi connectivity index (χ1n) is 2.41. The van der Waals surface area contributed by atoms with Gasteiger partial charge in [0.15, 0.2) is 0 Å². The lowest BCUT2D eigenvalue weighted by Crippen LogP contribution is -1.98. The predicted molar refractivity (Wildman–Crippen MR) is 39.7 cm³/mol. The third kappa shape index (κ3) is 6.69. The Morgan fingerprint density at radius 2 is 2.14 bits per heavy atom. The Bertz CT molecular complexity index is 37.1. The summed E-state index contributed by atoms with van der Waals surface area (Å²) >= 11 is 2.20. The summed E-state index contributed by atoms with van der Waals surface area (Å²) in [6.45, 7) is 5.18. The summed E-state index contributed by atoms with van der Waals surface area (Å²) in [7, 11) is 0. The third-order valence-electron chi connectivity index (χ3n) is 0.528. The van der Waals surface area contributed by atoms with Crippen molar-refractivity contribution < 1.29 is 4.74 Å². The van der Waals surface area contributed by atoms with E-state index in [2.05, 4.69) is 36.4 Å². The van der Waals surface area contributed by atoms with Crippen molar-refractivity contribution in [2.45, 2.75) is 13.8 Å². The average molecular weight is 214 g/mol. The van der Waals surface area contributed by atoms with Crippen molar-refractivity contribution in [2.24, 2.45) is 5.92 Å². The van der Waals surface area contributed by atoms with E-state index in [4.69, 9.17) is 4.74 Å². The Morgan fingerprint density at radius 3 is 2.29 bits per heavy atom. The van der Waals surface area contributed by atoms with E-state index < -0.39 is 0 Å². The molecule has 0 amide bonds. The van der Waals surface area contributed by atoms with E-state index in [0.29, 0.717) is 5.92 Å². The highest BCUT2D eigenvalue weighted by molar-refractivity contribution is 14.1. The maximum absolute atomic E-state index is 5.08. The Morgan fingerprint density at radius 1 is 1.57 bits per heavy atom. The van der Waals surface area contributed by atoms with E-state index in [1.807, 2.05) is 0 Å². The highest BCUT2D eigenvalue weighted by Crippen LogP contribution is 1.93. The third-order valence-corrected chi connectivity index (χ3v) is 0.969. The van der Waals surface area contributed by atoms with Crippen LogP contribution in [0, 0.1) is 5.92 Å². The smallest absolute Gasteiger partial charge is 0.0979 e. The molecule has 0 saturated heterocycles. The maximum atomic E-state index is 5.08. The Kier molecular flexibility index (Phi) is 5.32. The van der Waals surface area contributed by atoms with E-state index in [9.17, 15) is 0 Å². The van der Waals surface area contributed by atoms with Gasteiger partial charge in [-0.25, -0.2) is 0 Å². The fourth-order valence-corrected chi connectivity index (χ4v) is 0.535. The van der Waals surface area contributed by atoms with Crippen molar-refractivity contribution in [1.29, 1.82) is 0 Å². The second-order valence-electron chi connectivity index (χ2n) is 1.87. The van der Waals surface area contributed by atoms with Gasteiger partial charge >= 0.3 is 0 Å². The summed E-state index contributed by atoms with van der Waals surface area (Å²) in [5.74, 6) is 0.676. The summed E-state index contributed by atoms with van der Waals surface area (Å²) in [4.78, 5) is 0. The molecule has 0 atom stereocenters. The fraction of sp³-hybridized carbons (Fsp3) is 1.00. The SMILES string of the molecule is CC(C)COCI. The van der Waals surface area contributed by atoms with E-state index in [0.717, 1.165) is 11.2 Å². The second-order valence-corrected chi connectivity index (χ2v) is 2.50. The molecule has 0 aliphatic rings. The lowest BCUT2D eigenvalue weighted by atomic mass is 10.2. The Labute approximate surface area is 58.6 Å². The first kappa shape index (κ1) is 7.69. The zero-order chi connectivity index (χ0) is 5.70. The van der Waals surface area contributed by atoms with Gasteiger partial charge < -0.3 is 4.74 Å². The first-order valence-corrected chi connectivity index (χ1v) is 3.93. The molecule has 0 unspecified atom stereocenters. The molecular formula is C5H11IO. The summed E-state index contributed by atoms with van der Waals surface area (Å²) in [5.41, 5.74) is 0. The number of hydrogen-bond donors (Lipinski definition) is 0. The van der Waals surface area contributed by atoms with Crippen LogP contribution < -0.4 is 0 Å². The summed E-state index contributed by atoms with van der Waals surface area (Å²) in [6.07, 6.45) is 0. The van der Waals surface area contributed by atoms with E-state index in [-0.39, 0.29) is 0 Å². The molecule has 0 heterocycles. The zero-order valence-electron chi connectivity index (χ0n) is 4.78. The zero-order valence-corrected chi connectivity index (χ0v) is 6.94. The lowest BCUT2D eigenvalue weighted by Gasteiger charge is -2.00. The molecule has 44 valence electrons. The van der Waals surface area contributed by atoms with Crippen LogP contribution in [-0.2, 0) is 4.74 Å². The monoisotopic (exact) mass is 214 g/mol. The molecule has 0 aliphatic heterocycles. The number of ether oxygens (including phenoxy) is 1. The summed E-state index contributed by atoms with van der Waals surface area (Å²) in [5, 5.41) is 0. The highest BCUT2D eigenvalue weighted by atomic mass is 127. The van der Waals surface area contributed by atoms with Crippen LogP contribution in [0.1, 0.15) is 13.8 Å². The van der Waals surface area contributed by atoms with Crippen LogP contribution in [0.4, 0.5) is 0 Å². The van der Waals surface area contributed by atoms with Gasteiger partial charge in [-0.3, -0.25) is 0 Å². The molecule has 0 rings (SSSR count). The van der Waals surface area contributed by atoms with Crippen molar-refractivity contribution >= 4 is 22.6 Å². The van der Waals surface area contributed by atoms with E-state index in [1.165, 1.54) is 0 Å². The molecule has 0 aliphatic carbocycles. The van der Waals surface area contributed by atoms with Gasteiger partial charge in [0.1, 0.15) is 0 Å². The molecule has 0 fully saturated rings. The standard InChI is InChI=1S/C5H11IO/c1-5(2)3-7-4-6/h5H,3-4H2,1-2H3. The molecule has 0 bridgehead atoms. The topological polar surface area (TPSA) is 9.23 Å².